The summed E-state index contributed by atoms with van der Waals surface area (Å²) in [5.74, 6) is 1.88. The molecule has 3 N–H and O–H groups in total. The Morgan fingerprint density at radius 3 is 2.55 bits per heavy atom. The maximum atomic E-state index is 6.15. The van der Waals surface area contributed by atoms with Gasteiger partial charge in [0.15, 0.2) is 11.6 Å². The minimum Gasteiger partial charge on any atom is -0.486 e. The molecule has 1 unspecified atom stereocenters. The van der Waals surface area contributed by atoms with Gasteiger partial charge in [-0.15, -0.1) is 0 Å². The molecule has 1 aromatic heterocycles. The molecule has 0 spiro atoms. The van der Waals surface area contributed by atoms with Gasteiger partial charge in [-0.05, 0) is 29.8 Å². The number of hydrogen-bond donors (Lipinski definition) is 2. The van der Waals surface area contributed by atoms with Crippen molar-refractivity contribution in [3.63, 3.8) is 0 Å². The lowest BCUT2D eigenvalue weighted by molar-refractivity contribution is 0.296. The van der Waals surface area contributed by atoms with Crippen molar-refractivity contribution in [2.24, 2.45) is 5.73 Å². The van der Waals surface area contributed by atoms with E-state index < -0.39 is 0 Å². The van der Waals surface area contributed by atoms with E-state index in [1.54, 1.807) is 24.3 Å². The molecule has 0 amide bonds. The molecule has 0 saturated heterocycles. The molecule has 1 heterocycles. The first-order chi connectivity index (χ1) is 10.7. The van der Waals surface area contributed by atoms with Gasteiger partial charge in [-0.3, -0.25) is 5.10 Å². The minimum atomic E-state index is -0.360. The van der Waals surface area contributed by atoms with Crippen LogP contribution in [0.15, 0.2) is 54.6 Å². The molecule has 2 aromatic carbocycles. The van der Waals surface area contributed by atoms with Crippen molar-refractivity contribution in [1.29, 1.82) is 0 Å². The van der Waals surface area contributed by atoms with Crippen molar-refractivity contribution < 1.29 is 4.74 Å². The number of rotatable bonds is 5. The SMILES string of the molecule is NC(c1ccccc1)c1n[nH]c(COc2ccc(Cl)cc2)n1. The third-order valence-corrected chi connectivity index (χ3v) is 3.43. The Hall–Kier alpha value is -2.37. The molecular weight excluding hydrogens is 300 g/mol. The van der Waals surface area contributed by atoms with Gasteiger partial charge < -0.3 is 10.5 Å². The van der Waals surface area contributed by atoms with E-state index in [4.69, 9.17) is 22.1 Å². The number of H-pyrrole nitrogens is 1. The highest BCUT2D eigenvalue weighted by atomic mass is 35.5. The van der Waals surface area contributed by atoms with Gasteiger partial charge in [0.05, 0.1) is 6.04 Å². The van der Waals surface area contributed by atoms with Gasteiger partial charge in [-0.2, -0.15) is 5.10 Å². The maximum Gasteiger partial charge on any atom is 0.172 e. The van der Waals surface area contributed by atoms with E-state index in [9.17, 15) is 0 Å². The van der Waals surface area contributed by atoms with E-state index in [1.165, 1.54) is 0 Å². The summed E-state index contributed by atoms with van der Waals surface area (Å²) in [5.41, 5.74) is 7.12. The van der Waals surface area contributed by atoms with E-state index in [0.717, 1.165) is 11.3 Å². The second-order valence-electron chi connectivity index (χ2n) is 4.77. The molecule has 0 aliphatic rings. The lowest BCUT2D eigenvalue weighted by Crippen LogP contribution is -2.13. The van der Waals surface area contributed by atoms with Crippen LogP contribution in [0.5, 0.6) is 5.75 Å². The monoisotopic (exact) mass is 314 g/mol. The fraction of sp³-hybridized carbons (Fsp3) is 0.125. The first kappa shape index (κ1) is 14.6. The van der Waals surface area contributed by atoms with Gasteiger partial charge in [0.2, 0.25) is 0 Å². The molecular formula is C16H15ClN4O. The Bertz CT molecular complexity index is 727. The number of halogens is 1. The highest BCUT2D eigenvalue weighted by Crippen LogP contribution is 2.18. The third-order valence-electron chi connectivity index (χ3n) is 3.18. The predicted molar refractivity (Wildman–Crippen MR) is 84.6 cm³/mol. The maximum absolute atomic E-state index is 6.15. The van der Waals surface area contributed by atoms with Gasteiger partial charge in [-0.25, -0.2) is 4.98 Å². The Morgan fingerprint density at radius 2 is 1.82 bits per heavy atom. The smallest absolute Gasteiger partial charge is 0.172 e. The Labute approximate surface area is 133 Å². The third kappa shape index (κ3) is 3.44. The zero-order chi connectivity index (χ0) is 15.4. The van der Waals surface area contributed by atoms with Crippen molar-refractivity contribution in [1.82, 2.24) is 15.2 Å². The van der Waals surface area contributed by atoms with Gasteiger partial charge in [-0.1, -0.05) is 41.9 Å². The van der Waals surface area contributed by atoms with Gasteiger partial charge >= 0.3 is 0 Å². The molecule has 0 fully saturated rings. The van der Waals surface area contributed by atoms with Crippen LogP contribution in [0.3, 0.4) is 0 Å². The van der Waals surface area contributed by atoms with E-state index in [-0.39, 0.29) is 12.6 Å². The zero-order valence-electron chi connectivity index (χ0n) is 11.7. The molecule has 3 rings (SSSR count). The van der Waals surface area contributed by atoms with E-state index in [2.05, 4.69) is 15.2 Å². The Balaban J connectivity index is 1.65. The van der Waals surface area contributed by atoms with Crippen LogP contribution in [0.2, 0.25) is 5.02 Å². The van der Waals surface area contributed by atoms with E-state index >= 15 is 0 Å². The summed E-state index contributed by atoms with van der Waals surface area (Å²) in [5, 5.41) is 7.67. The predicted octanol–water partition coefficient (Wildman–Crippen LogP) is 3.09. The number of nitrogens with one attached hydrogen (secondary N) is 1. The van der Waals surface area contributed by atoms with Crippen LogP contribution >= 0.6 is 11.6 Å². The van der Waals surface area contributed by atoms with Crippen LogP contribution in [0.25, 0.3) is 0 Å². The molecule has 5 nitrogen and oxygen atoms in total. The normalized spacial score (nSPS) is 12.1. The van der Waals surface area contributed by atoms with Crippen LogP contribution < -0.4 is 10.5 Å². The number of ether oxygens (including phenoxy) is 1. The lowest BCUT2D eigenvalue weighted by atomic mass is 10.1. The highest BCUT2D eigenvalue weighted by molar-refractivity contribution is 6.30. The topological polar surface area (TPSA) is 76.8 Å². The molecule has 1 atom stereocenters. The number of benzene rings is 2. The summed E-state index contributed by atoms with van der Waals surface area (Å²) in [6, 6.07) is 16.5. The fourth-order valence-corrected chi connectivity index (χ4v) is 2.13. The molecule has 22 heavy (non-hydrogen) atoms. The molecule has 0 radical (unpaired) electrons. The summed E-state index contributed by atoms with van der Waals surface area (Å²) in [6.45, 7) is 0.288. The number of aromatic nitrogens is 3. The van der Waals surface area contributed by atoms with Crippen molar-refractivity contribution in [3.05, 3.63) is 76.8 Å². The number of hydrogen-bond acceptors (Lipinski definition) is 4. The van der Waals surface area contributed by atoms with Gasteiger partial charge in [0.1, 0.15) is 12.4 Å². The standard InChI is InChI=1S/C16H15ClN4O/c17-12-6-8-13(9-7-12)22-10-14-19-16(21-20-14)15(18)11-4-2-1-3-5-11/h1-9,15H,10,18H2,(H,19,20,21). The van der Waals surface area contributed by atoms with Crippen molar-refractivity contribution in [2.75, 3.05) is 0 Å². The van der Waals surface area contributed by atoms with Crippen LogP contribution in [-0.2, 0) is 6.61 Å². The summed E-state index contributed by atoms with van der Waals surface area (Å²) in [4.78, 5) is 4.38. The minimum absolute atomic E-state index is 0.288. The first-order valence-corrected chi connectivity index (χ1v) is 7.20. The largest absolute Gasteiger partial charge is 0.486 e. The number of nitrogens with zero attached hydrogens (tertiary/aromatic N) is 2. The molecule has 0 bridgehead atoms. The van der Waals surface area contributed by atoms with Gasteiger partial charge in [0.25, 0.3) is 0 Å². The second kappa shape index (κ2) is 6.60. The number of nitrogens with two attached hydrogens (primary N) is 1. The molecule has 0 aliphatic heterocycles. The average molecular weight is 315 g/mol. The van der Waals surface area contributed by atoms with Crippen molar-refractivity contribution in [3.8, 4) is 5.75 Å². The van der Waals surface area contributed by atoms with Crippen LogP contribution in [0, 0.1) is 0 Å². The fourth-order valence-electron chi connectivity index (χ4n) is 2.01. The van der Waals surface area contributed by atoms with Gasteiger partial charge in [0, 0.05) is 5.02 Å². The quantitative estimate of drug-likeness (QED) is 0.758. The van der Waals surface area contributed by atoms with Crippen LogP contribution in [-0.4, -0.2) is 15.2 Å². The number of aromatic amines is 1. The summed E-state index contributed by atoms with van der Waals surface area (Å²) >= 11 is 5.83. The Morgan fingerprint density at radius 1 is 1.09 bits per heavy atom. The average Bonchev–Trinajstić information content (AvgIpc) is 3.03. The molecule has 0 aliphatic carbocycles. The van der Waals surface area contributed by atoms with Crippen LogP contribution in [0.1, 0.15) is 23.3 Å². The summed E-state index contributed by atoms with van der Waals surface area (Å²) < 4.78 is 5.61. The molecule has 0 saturated carbocycles. The van der Waals surface area contributed by atoms with E-state index in [1.807, 2.05) is 30.3 Å². The molecule has 112 valence electrons. The molecule has 6 heteroatoms. The van der Waals surface area contributed by atoms with Crippen molar-refractivity contribution >= 4 is 11.6 Å². The first-order valence-electron chi connectivity index (χ1n) is 6.82. The lowest BCUT2D eigenvalue weighted by Gasteiger charge is -2.07. The van der Waals surface area contributed by atoms with E-state index in [0.29, 0.717) is 16.7 Å². The zero-order valence-corrected chi connectivity index (χ0v) is 12.5. The molecule has 3 aromatic rings. The summed E-state index contributed by atoms with van der Waals surface area (Å²) in [7, 11) is 0. The Kier molecular flexibility index (Phi) is 4.37. The highest BCUT2D eigenvalue weighted by Gasteiger charge is 2.14. The second-order valence-corrected chi connectivity index (χ2v) is 5.21. The van der Waals surface area contributed by atoms with Crippen molar-refractivity contribution in [2.45, 2.75) is 12.6 Å². The summed E-state index contributed by atoms with van der Waals surface area (Å²) in [6.07, 6.45) is 0. The van der Waals surface area contributed by atoms with Crippen LogP contribution in [0.4, 0.5) is 0 Å².